The molecule has 13 heavy (non-hydrogen) atoms. The number of hydrogen-bond acceptors (Lipinski definition) is 1. The summed E-state index contributed by atoms with van der Waals surface area (Å²) in [5.41, 5.74) is 0.396. The predicted octanol–water partition coefficient (Wildman–Crippen LogP) is 2.34. The summed E-state index contributed by atoms with van der Waals surface area (Å²) in [6.45, 7) is 8.46. The fraction of sp³-hybridized carbons (Fsp3) is 0.909. The molecule has 1 aliphatic rings. The summed E-state index contributed by atoms with van der Waals surface area (Å²) in [5, 5.41) is 3.00. The van der Waals surface area contributed by atoms with Crippen LogP contribution in [0.4, 0.5) is 0 Å². The Bertz CT molecular complexity index is 193. The average Bonchev–Trinajstić information content (AvgIpc) is 2.32. The molecule has 1 N–H and O–H groups in total. The van der Waals surface area contributed by atoms with Crippen LogP contribution in [0.5, 0.6) is 0 Å². The van der Waals surface area contributed by atoms with Gasteiger partial charge in [0.15, 0.2) is 0 Å². The van der Waals surface area contributed by atoms with E-state index in [4.69, 9.17) is 0 Å². The van der Waals surface area contributed by atoms with Crippen LogP contribution in [0.3, 0.4) is 0 Å². The molecule has 0 saturated heterocycles. The molecule has 0 aromatic rings. The van der Waals surface area contributed by atoms with Gasteiger partial charge in [0, 0.05) is 13.0 Å². The average molecular weight is 183 g/mol. The molecule has 1 fully saturated rings. The fourth-order valence-corrected chi connectivity index (χ4v) is 2.19. The van der Waals surface area contributed by atoms with E-state index in [1.54, 1.807) is 6.92 Å². The van der Waals surface area contributed by atoms with Gasteiger partial charge in [-0.25, -0.2) is 0 Å². The van der Waals surface area contributed by atoms with Crippen molar-refractivity contribution in [2.75, 3.05) is 0 Å². The number of hydrogen-bond donors (Lipinski definition) is 1. The van der Waals surface area contributed by atoms with Crippen molar-refractivity contribution < 1.29 is 4.79 Å². The van der Waals surface area contributed by atoms with Crippen molar-refractivity contribution in [1.29, 1.82) is 0 Å². The molecule has 76 valence electrons. The Balaban J connectivity index is 2.41. The molecule has 0 spiro atoms. The standard InChI is InChI=1S/C11H21NO/c1-8(13)12-10-6-5-9(7-10)11(2,3)4/h9-10H,5-7H2,1-4H3,(H,12,13). The maximum atomic E-state index is 10.8. The number of carbonyl (C=O) groups is 1. The van der Waals surface area contributed by atoms with Crippen molar-refractivity contribution in [3.63, 3.8) is 0 Å². The predicted molar refractivity (Wildman–Crippen MR) is 54.4 cm³/mol. The number of nitrogens with one attached hydrogen (secondary N) is 1. The molecule has 0 aromatic heterocycles. The van der Waals surface area contributed by atoms with E-state index < -0.39 is 0 Å². The highest BCUT2D eigenvalue weighted by atomic mass is 16.1. The minimum absolute atomic E-state index is 0.111. The highest BCUT2D eigenvalue weighted by molar-refractivity contribution is 5.73. The number of carbonyl (C=O) groups excluding carboxylic acids is 1. The maximum Gasteiger partial charge on any atom is 0.217 e. The molecule has 0 radical (unpaired) electrons. The van der Waals surface area contributed by atoms with E-state index in [9.17, 15) is 4.79 Å². The topological polar surface area (TPSA) is 29.1 Å². The lowest BCUT2D eigenvalue weighted by atomic mass is 9.80. The minimum Gasteiger partial charge on any atom is -0.354 e. The molecule has 1 saturated carbocycles. The first kappa shape index (κ1) is 10.6. The summed E-state index contributed by atoms with van der Waals surface area (Å²) in [6, 6.07) is 0.432. The molecule has 1 aliphatic carbocycles. The second kappa shape index (κ2) is 3.69. The molecule has 1 amide bonds. The summed E-state index contributed by atoms with van der Waals surface area (Å²) < 4.78 is 0. The Morgan fingerprint density at radius 3 is 2.31 bits per heavy atom. The summed E-state index contributed by atoms with van der Waals surface area (Å²) in [4.78, 5) is 10.8. The van der Waals surface area contributed by atoms with Crippen molar-refractivity contribution in [2.24, 2.45) is 11.3 Å². The van der Waals surface area contributed by atoms with Gasteiger partial charge in [-0.1, -0.05) is 20.8 Å². The van der Waals surface area contributed by atoms with E-state index in [0.717, 1.165) is 18.8 Å². The SMILES string of the molecule is CC(=O)NC1CCC(C(C)(C)C)C1. The molecular formula is C11H21NO. The summed E-state index contributed by atoms with van der Waals surface area (Å²) >= 11 is 0. The third-order valence-corrected chi connectivity index (χ3v) is 3.06. The van der Waals surface area contributed by atoms with Crippen molar-refractivity contribution in [1.82, 2.24) is 5.32 Å². The zero-order chi connectivity index (χ0) is 10.1. The second-order valence-electron chi connectivity index (χ2n) is 5.27. The molecule has 2 nitrogen and oxygen atoms in total. The van der Waals surface area contributed by atoms with Crippen LogP contribution in [0.15, 0.2) is 0 Å². The third-order valence-electron chi connectivity index (χ3n) is 3.06. The lowest BCUT2D eigenvalue weighted by Gasteiger charge is -2.26. The van der Waals surface area contributed by atoms with Gasteiger partial charge in [0.2, 0.25) is 5.91 Å². The van der Waals surface area contributed by atoms with Gasteiger partial charge in [-0.15, -0.1) is 0 Å². The summed E-state index contributed by atoms with van der Waals surface area (Å²) in [7, 11) is 0. The molecule has 2 unspecified atom stereocenters. The maximum absolute atomic E-state index is 10.8. The Morgan fingerprint density at radius 1 is 1.31 bits per heavy atom. The van der Waals surface area contributed by atoms with Crippen LogP contribution in [-0.2, 0) is 4.79 Å². The Morgan fingerprint density at radius 2 is 1.92 bits per heavy atom. The zero-order valence-electron chi connectivity index (χ0n) is 9.18. The molecule has 0 heterocycles. The van der Waals surface area contributed by atoms with Gasteiger partial charge in [0.25, 0.3) is 0 Å². The van der Waals surface area contributed by atoms with Crippen LogP contribution >= 0.6 is 0 Å². The third kappa shape index (κ3) is 3.02. The van der Waals surface area contributed by atoms with E-state index in [1.807, 2.05) is 0 Å². The van der Waals surface area contributed by atoms with Gasteiger partial charge in [-0.05, 0) is 30.6 Å². The Labute approximate surface area is 81.1 Å². The first-order chi connectivity index (χ1) is 5.89. The molecule has 0 bridgehead atoms. The van der Waals surface area contributed by atoms with Crippen molar-refractivity contribution in [3.05, 3.63) is 0 Å². The van der Waals surface area contributed by atoms with Crippen molar-refractivity contribution in [3.8, 4) is 0 Å². The quantitative estimate of drug-likeness (QED) is 0.664. The van der Waals surface area contributed by atoms with Crippen molar-refractivity contribution in [2.45, 2.75) is 53.0 Å². The van der Waals surface area contributed by atoms with Gasteiger partial charge < -0.3 is 5.32 Å². The van der Waals surface area contributed by atoms with E-state index in [0.29, 0.717) is 11.5 Å². The van der Waals surface area contributed by atoms with Gasteiger partial charge in [-0.3, -0.25) is 4.79 Å². The van der Waals surface area contributed by atoms with Crippen LogP contribution in [0.25, 0.3) is 0 Å². The number of amides is 1. The smallest absolute Gasteiger partial charge is 0.217 e. The minimum atomic E-state index is 0.111. The molecule has 0 aromatic carbocycles. The molecule has 0 aliphatic heterocycles. The molecule has 2 atom stereocenters. The van der Waals surface area contributed by atoms with Crippen LogP contribution in [-0.4, -0.2) is 11.9 Å². The van der Waals surface area contributed by atoms with E-state index in [-0.39, 0.29) is 5.91 Å². The largest absolute Gasteiger partial charge is 0.354 e. The fourth-order valence-electron chi connectivity index (χ4n) is 2.19. The first-order valence-corrected chi connectivity index (χ1v) is 5.16. The Kier molecular flexibility index (Phi) is 2.99. The molecule has 1 rings (SSSR count). The van der Waals surface area contributed by atoms with Gasteiger partial charge in [0.1, 0.15) is 0 Å². The van der Waals surface area contributed by atoms with E-state index >= 15 is 0 Å². The lowest BCUT2D eigenvalue weighted by Crippen LogP contribution is -2.31. The monoisotopic (exact) mass is 183 g/mol. The van der Waals surface area contributed by atoms with Gasteiger partial charge in [-0.2, -0.15) is 0 Å². The van der Waals surface area contributed by atoms with Gasteiger partial charge >= 0.3 is 0 Å². The molecular weight excluding hydrogens is 162 g/mol. The first-order valence-electron chi connectivity index (χ1n) is 5.16. The van der Waals surface area contributed by atoms with Crippen LogP contribution in [0.1, 0.15) is 47.0 Å². The van der Waals surface area contributed by atoms with Crippen LogP contribution in [0.2, 0.25) is 0 Å². The summed E-state index contributed by atoms with van der Waals surface area (Å²) in [6.07, 6.45) is 3.57. The van der Waals surface area contributed by atoms with E-state index in [2.05, 4.69) is 26.1 Å². The van der Waals surface area contributed by atoms with Crippen molar-refractivity contribution >= 4 is 5.91 Å². The highest BCUT2D eigenvalue weighted by Gasteiger charge is 2.32. The zero-order valence-corrected chi connectivity index (χ0v) is 9.18. The second-order valence-corrected chi connectivity index (χ2v) is 5.27. The normalized spacial score (nSPS) is 28.9. The van der Waals surface area contributed by atoms with E-state index in [1.165, 1.54) is 6.42 Å². The van der Waals surface area contributed by atoms with Crippen LogP contribution < -0.4 is 5.32 Å². The number of rotatable bonds is 1. The summed E-state index contributed by atoms with van der Waals surface area (Å²) in [5.74, 6) is 0.879. The lowest BCUT2D eigenvalue weighted by molar-refractivity contribution is -0.119. The highest BCUT2D eigenvalue weighted by Crippen LogP contribution is 2.39. The van der Waals surface area contributed by atoms with Crippen LogP contribution in [0, 0.1) is 11.3 Å². The Hall–Kier alpha value is -0.530. The van der Waals surface area contributed by atoms with Gasteiger partial charge in [0.05, 0.1) is 0 Å². The molecule has 2 heteroatoms.